The average Bonchev–Trinajstić information content (AvgIpc) is 2.96. The summed E-state index contributed by atoms with van der Waals surface area (Å²) in [7, 11) is 0. The van der Waals surface area contributed by atoms with E-state index in [0.29, 0.717) is 5.69 Å². The molecule has 1 aliphatic rings. The van der Waals surface area contributed by atoms with Gasteiger partial charge in [0.05, 0.1) is 5.41 Å². The van der Waals surface area contributed by atoms with Crippen LogP contribution in [0.25, 0.3) is 0 Å². The summed E-state index contributed by atoms with van der Waals surface area (Å²) in [6.45, 7) is 0. The molecule has 0 spiro atoms. The molecule has 0 amide bonds. The van der Waals surface area contributed by atoms with Crippen LogP contribution in [-0.2, 0) is 6.42 Å². The van der Waals surface area contributed by atoms with Crippen LogP contribution < -0.4 is 0 Å². The molecule has 0 N–H and O–H groups in total. The number of nitrogens with zero attached hydrogens (tertiary/aromatic N) is 2. The number of hydrogen-bond acceptors (Lipinski definition) is 2. The molecule has 0 unspecified atom stereocenters. The molecule has 0 aromatic carbocycles. The van der Waals surface area contributed by atoms with Crippen LogP contribution in [0.2, 0.25) is 0 Å². The molecular weight excluding hydrogens is 205 g/mol. The zero-order chi connectivity index (χ0) is 10.9. The summed E-state index contributed by atoms with van der Waals surface area (Å²) in [6, 6.07) is 1.63. The molecule has 0 bridgehead atoms. The summed E-state index contributed by atoms with van der Waals surface area (Å²) < 4.78 is 37.6. The molecule has 2 rings (SSSR count). The first-order valence-corrected chi connectivity index (χ1v) is 4.69. The van der Waals surface area contributed by atoms with E-state index in [1.54, 1.807) is 6.07 Å². The molecule has 0 aliphatic heterocycles. The molecule has 1 aromatic rings. The second-order valence-corrected chi connectivity index (χ2v) is 3.76. The Balaban J connectivity index is 1.95. The first-order valence-electron chi connectivity index (χ1n) is 4.69. The largest absolute Gasteiger partial charge is 0.394 e. The maximum atomic E-state index is 12.5. The Morgan fingerprint density at radius 3 is 2.60 bits per heavy atom. The molecular formula is C10H10F3N2. The Morgan fingerprint density at radius 2 is 2.13 bits per heavy atom. The van der Waals surface area contributed by atoms with Crippen molar-refractivity contribution >= 4 is 0 Å². The highest BCUT2D eigenvalue weighted by Gasteiger charge is 2.62. The van der Waals surface area contributed by atoms with Crippen molar-refractivity contribution in [2.45, 2.75) is 25.4 Å². The van der Waals surface area contributed by atoms with E-state index >= 15 is 0 Å². The third-order valence-electron chi connectivity index (χ3n) is 2.70. The molecule has 0 saturated heterocycles. The van der Waals surface area contributed by atoms with Crippen LogP contribution in [0.1, 0.15) is 18.5 Å². The maximum Gasteiger partial charge on any atom is 0.394 e. The van der Waals surface area contributed by atoms with E-state index < -0.39 is 11.6 Å². The number of hydrogen-bond donors (Lipinski definition) is 0. The zero-order valence-corrected chi connectivity index (χ0v) is 7.96. The number of alkyl halides is 3. The summed E-state index contributed by atoms with van der Waals surface area (Å²) >= 11 is 0. The molecule has 1 radical (unpaired) electrons. The van der Waals surface area contributed by atoms with Crippen molar-refractivity contribution in [3.8, 4) is 0 Å². The van der Waals surface area contributed by atoms with Crippen LogP contribution in [0, 0.1) is 11.8 Å². The van der Waals surface area contributed by atoms with Crippen LogP contribution in [0.15, 0.2) is 18.6 Å². The van der Waals surface area contributed by atoms with Gasteiger partial charge in [-0.2, -0.15) is 13.2 Å². The minimum absolute atomic E-state index is 0.210. The SMILES string of the molecule is FC(F)(F)C1([CH]Cc2ccncn2)CC1. The quantitative estimate of drug-likeness (QED) is 0.774. The molecule has 1 aliphatic carbocycles. The molecule has 0 atom stereocenters. The van der Waals surface area contributed by atoms with Crippen molar-refractivity contribution in [1.82, 2.24) is 9.97 Å². The summed E-state index contributed by atoms with van der Waals surface area (Å²) in [5.41, 5.74) is -0.918. The van der Waals surface area contributed by atoms with Crippen LogP contribution >= 0.6 is 0 Å². The Labute approximate surface area is 85.6 Å². The molecule has 81 valence electrons. The van der Waals surface area contributed by atoms with Gasteiger partial charge in [0, 0.05) is 11.9 Å². The summed E-state index contributed by atoms with van der Waals surface area (Å²) in [5.74, 6) is 0. The predicted molar refractivity (Wildman–Crippen MR) is 47.8 cm³/mol. The van der Waals surface area contributed by atoms with E-state index in [1.165, 1.54) is 18.9 Å². The zero-order valence-electron chi connectivity index (χ0n) is 7.96. The highest BCUT2D eigenvalue weighted by molar-refractivity contribution is 5.13. The highest BCUT2D eigenvalue weighted by Crippen LogP contribution is 2.59. The lowest BCUT2D eigenvalue weighted by Gasteiger charge is -2.18. The molecule has 5 heteroatoms. The Bertz CT molecular complexity index is 330. The number of rotatable bonds is 3. The van der Waals surface area contributed by atoms with Crippen molar-refractivity contribution in [3.05, 3.63) is 30.7 Å². The van der Waals surface area contributed by atoms with Gasteiger partial charge in [-0.05, 0) is 31.7 Å². The number of halogens is 3. The smallest absolute Gasteiger partial charge is 0.245 e. The van der Waals surface area contributed by atoms with Gasteiger partial charge < -0.3 is 0 Å². The van der Waals surface area contributed by atoms with Gasteiger partial charge >= 0.3 is 6.18 Å². The second kappa shape index (κ2) is 3.47. The molecule has 1 aromatic heterocycles. The van der Waals surface area contributed by atoms with Gasteiger partial charge in [-0.1, -0.05) is 0 Å². The van der Waals surface area contributed by atoms with E-state index in [1.807, 2.05) is 0 Å². The minimum atomic E-state index is -4.11. The summed E-state index contributed by atoms with van der Waals surface area (Å²) in [5, 5.41) is 0. The summed E-state index contributed by atoms with van der Waals surface area (Å²) in [4.78, 5) is 7.59. The summed E-state index contributed by atoms with van der Waals surface area (Å²) in [6.07, 6.45) is 0.764. The lowest BCUT2D eigenvalue weighted by atomic mass is 9.98. The first-order chi connectivity index (χ1) is 7.04. The third-order valence-corrected chi connectivity index (χ3v) is 2.70. The monoisotopic (exact) mass is 215 g/mol. The topological polar surface area (TPSA) is 25.8 Å². The van der Waals surface area contributed by atoms with Crippen LogP contribution in [-0.4, -0.2) is 16.1 Å². The van der Waals surface area contributed by atoms with Crippen molar-refractivity contribution in [2.24, 2.45) is 5.41 Å². The molecule has 1 heterocycles. The van der Waals surface area contributed by atoms with Gasteiger partial charge in [-0.25, -0.2) is 9.97 Å². The fourth-order valence-corrected chi connectivity index (χ4v) is 1.48. The van der Waals surface area contributed by atoms with Crippen LogP contribution in [0.4, 0.5) is 13.2 Å². The van der Waals surface area contributed by atoms with Gasteiger partial charge in [-0.3, -0.25) is 0 Å². The Morgan fingerprint density at radius 1 is 1.40 bits per heavy atom. The maximum absolute atomic E-state index is 12.5. The van der Waals surface area contributed by atoms with E-state index in [0.717, 1.165) is 0 Å². The first kappa shape index (κ1) is 10.4. The van der Waals surface area contributed by atoms with Gasteiger partial charge in [0.25, 0.3) is 0 Å². The lowest BCUT2D eigenvalue weighted by Crippen LogP contribution is -2.25. The van der Waals surface area contributed by atoms with Gasteiger partial charge in [0.2, 0.25) is 0 Å². The molecule has 1 saturated carbocycles. The minimum Gasteiger partial charge on any atom is -0.245 e. The lowest BCUT2D eigenvalue weighted by molar-refractivity contribution is -0.177. The van der Waals surface area contributed by atoms with Crippen molar-refractivity contribution in [1.29, 1.82) is 0 Å². The standard InChI is InChI=1S/C10H10F3N2/c11-10(12,13)9(4-5-9)3-1-8-2-6-14-7-15-8/h2-3,6-7H,1,4-5H2. The van der Waals surface area contributed by atoms with Gasteiger partial charge in [-0.15, -0.1) is 0 Å². The van der Waals surface area contributed by atoms with Crippen molar-refractivity contribution in [2.75, 3.05) is 0 Å². The van der Waals surface area contributed by atoms with Crippen molar-refractivity contribution < 1.29 is 13.2 Å². The Hall–Kier alpha value is -1.13. The Kier molecular flexibility index (Phi) is 2.40. The van der Waals surface area contributed by atoms with E-state index in [9.17, 15) is 13.2 Å². The van der Waals surface area contributed by atoms with E-state index in [4.69, 9.17) is 0 Å². The van der Waals surface area contributed by atoms with E-state index in [2.05, 4.69) is 9.97 Å². The predicted octanol–water partition coefficient (Wildman–Crippen LogP) is 2.57. The molecule has 2 nitrogen and oxygen atoms in total. The van der Waals surface area contributed by atoms with Crippen molar-refractivity contribution in [3.63, 3.8) is 0 Å². The molecule has 1 fully saturated rings. The second-order valence-electron chi connectivity index (χ2n) is 3.76. The molecule has 15 heavy (non-hydrogen) atoms. The number of aromatic nitrogens is 2. The van der Waals surface area contributed by atoms with Gasteiger partial charge in [0.1, 0.15) is 6.33 Å². The van der Waals surface area contributed by atoms with Gasteiger partial charge in [0.15, 0.2) is 0 Å². The fourth-order valence-electron chi connectivity index (χ4n) is 1.48. The average molecular weight is 215 g/mol. The fraction of sp³-hybridized carbons (Fsp3) is 0.500. The highest BCUT2D eigenvalue weighted by atomic mass is 19.4. The van der Waals surface area contributed by atoms with Crippen LogP contribution in [0.3, 0.4) is 0 Å². The van der Waals surface area contributed by atoms with E-state index in [-0.39, 0.29) is 19.3 Å². The normalized spacial score (nSPS) is 18.9. The van der Waals surface area contributed by atoms with Crippen LogP contribution in [0.5, 0.6) is 0 Å². The third kappa shape index (κ3) is 2.11.